The lowest BCUT2D eigenvalue weighted by molar-refractivity contribution is 0.155. The average molecular weight is 369 g/mol. The molecule has 27 heavy (non-hydrogen) atoms. The number of hydrogen-bond donors (Lipinski definition) is 0. The summed E-state index contributed by atoms with van der Waals surface area (Å²) in [5.74, 6) is 2.24. The molecule has 0 unspecified atom stereocenters. The summed E-state index contributed by atoms with van der Waals surface area (Å²) in [4.78, 5) is 11.6. The van der Waals surface area contributed by atoms with Gasteiger partial charge in [-0.05, 0) is 39.8 Å². The molecule has 0 spiro atoms. The Hall–Kier alpha value is -2.34. The van der Waals surface area contributed by atoms with E-state index in [-0.39, 0.29) is 12.1 Å². The van der Waals surface area contributed by atoms with Crippen molar-refractivity contribution in [3.8, 4) is 17.4 Å². The van der Waals surface area contributed by atoms with Crippen LogP contribution in [0.25, 0.3) is 0 Å². The first-order valence-electron chi connectivity index (χ1n) is 9.64. The zero-order valence-corrected chi connectivity index (χ0v) is 16.4. The molecular formula is C21H27N3O3. The number of aryl methyl sites for hydroxylation is 2. The molecule has 3 atom stereocenters. The minimum absolute atomic E-state index is 0.167. The van der Waals surface area contributed by atoms with Crippen LogP contribution in [0.1, 0.15) is 43.4 Å². The lowest BCUT2D eigenvalue weighted by Gasteiger charge is -2.28. The molecule has 0 N–H and O–H groups in total. The van der Waals surface area contributed by atoms with Crippen molar-refractivity contribution in [2.24, 2.45) is 0 Å². The molecule has 0 aliphatic carbocycles. The highest BCUT2D eigenvalue weighted by Crippen LogP contribution is 2.34. The maximum absolute atomic E-state index is 6.27. The van der Waals surface area contributed by atoms with Crippen LogP contribution in [0.2, 0.25) is 0 Å². The van der Waals surface area contributed by atoms with Gasteiger partial charge in [0.25, 0.3) is 5.88 Å². The molecule has 6 nitrogen and oxygen atoms in total. The third kappa shape index (κ3) is 3.86. The van der Waals surface area contributed by atoms with Crippen molar-refractivity contribution >= 4 is 0 Å². The van der Waals surface area contributed by atoms with Crippen LogP contribution >= 0.6 is 0 Å². The summed E-state index contributed by atoms with van der Waals surface area (Å²) in [5.41, 5.74) is 2.98. The SMILES string of the molecule is Cc1cc(O[C@@H]2C[C@H](C)N([C@H](C)c3ccc4c(n3)OCCO4)C2)cc(C)n1. The monoisotopic (exact) mass is 369 g/mol. The van der Waals surface area contributed by atoms with Gasteiger partial charge in [-0.15, -0.1) is 0 Å². The van der Waals surface area contributed by atoms with Gasteiger partial charge in [-0.25, -0.2) is 4.98 Å². The smallest absolute Gasteiger partial charge is 0.257 e. The van der Waals surface area contributed by atoms with Gasteiger partial charge in [-0.2, -0.15) is 0 Å². The fraction of sp³-hybridized carbons (Fsp3) is 0.524. The molecule has 6 heteroatoms. The van der Waals surface area contributed by atoms with Crippen molar-refractivity contribution in [2.75, 3.05) is 19.8 Å². The molecule has 1 saturated heterocycles. The summed E-state index contributed by atoms with van der Waals surface area (Å²) in [5, 5.41) is 0. The lowest BCUT2D eigenvalue weighted by Crippen LogP contribution is -2.32. The van der Waals surface area contributed by atoms with Crippen LogP contribution in [0.3, 0.4) is 0 Å². The molecule has 0 amide bonds. The summed E-state index contributed by atoms with van der Waals surface area (Å²) >= 11 is 0. The van der Waals surface area contributed by atoms with Crippen LogP contribution in [0, 0.1) is 13.8 Å². The first kappa shape index (κ1) is 18.0. The second kappa shape index (κ2) is 7.35. The Morgan fingerprint density at radius 3 is 2.63 bits per heavy atom. The second-order valence-electron chi connectivity index (χ2n) is 7.52. The van der Waals surface area contributed by atoms with E-state index in [1.54, 1.807) is 0 Å². The number of hydrogen-bond acceptors (Lipinski definition) is 6. The zero-order valence-electron chi connectivity index (χ0n) is 16.4. The van der Waals surface area contributed by atoms with Gasteiger partial charge in [0.15, 0.2) is 5.75 Å². The van der Waals surface area contributed by atoms with Crippen LogP contribution in [0.4, 0.5) is 0 Å². The molecular weight excluding hydrogens is 342 g/mol. The van der Waals surface area contributed by atoms with Gasteiger partial charge in [0, 0.05) is 48.6 Å². The van der Waals surface area contributed by atoms with Gasteiger partial charge in [0.2, 0.25) is 0 Å². The number of pyridine rings is 2. The summed E-state index contributed by atoms with van der Waals surface area (Å²) in [6, 6.07) is 8.62. The van der Waals surface area contributed by atoms with E-state index in [0.717, 1.165) is 41.5 Å². The fourth-order valence-corrected chi connectivity index (χ4v) is 4.04. The molecule has 2 aliphatic heterocycles. The molecule has 2 aliphatic rings. The molecule has 144 valence electrons. The van der Waals surface area contributed by atoms with Gasteiger partial charge in [0.05, 0.1) is 5.69 Å². The highest BCUT2D eigenvalue weighted by atomic mass is 16.6. The van der Waals surface area contributed by atoms with E-state index in [2.05, 4.69) is 28.7 Å². The van der Waals surface area contributed by atoms with Crippen LogP contribution in [0.5, 0.6) is 17.4 Å². The number of aromatic nitrogens is 2. The van der Waals surface area contributed by atoms with Crippen LogP contribution < -0.4 is 14.2 Å². The Morgan fingerprint density at radius 1 is 1.11 bits per heavy atom. The molecule has 4 rings (SSSR count). The zero-order chi connectivity index (χ0) is 19.0. The standard InChI is InChI=1S/C21H27N3O3/c1-13-9-17(10-14(2)22-13)27-18-11-15(3)24(12-18)16(4)19-5-6-20-21(23-19)26-8-7-25-20/h5-6,9-10,15-16,18H,7-8,11-12H2,1-4H3/t15-,16+,18+/m0/s1. The first-order chi connectivity index (χ1) is 13.0. The van der Waals surface area contributed by atoms with Crippen molar-refractivity contribution in [1.82, 2.24) is 14.9 Å². The molecule has 0 saturated carbocycles. The first-order valence-corrected chi connectivity index (χ1v) is 9.64. The van der Waals surface area contributed by atoms with Crippen LogP contribution in [-0.2, 0) is 0 Å². The van der Waals surface area contributed by atoms with E-state index >= 15 is 0 Å². The van der Waals surface area contributed by atoms with E-state index in [0.29, 0.717) is 25.1 Å². The second-order valence-corrected chi connectivity index (χ2v) is 7.52. The van der Waals surface area contributed by atoms with Gasteiger partial charge in [0.1, 0.15) is 25.1 Å². The van der Waals surface area contributed by atoms with Crippen molar-refractivity contribution in [2.45, 2.75) is 52.3 Å². The lowest BCUT2D eigenvalue weighted by atomic mass is 10.1. The molecule has 4 heterocycles. The van der Waals surface area contributed by atoms with E-state index in [1.807, 2.05) is 38.1 Å². The predicted octanol–water partition coefficient (Wildman–Crippen LogP) is 3.47. The van der Waals surface area contributed by atoms with Gasteiger partial charge >= 0.3 is 0 Å². The highest BCUT2D eigenvalue weighted by Gasteiger charge is 2.35. The maximum Gasteiger partial charge on any atom is 0.257 e. The fourth-order valence-electron chi connectivity index (χ4n) is 4.04. The largest absolute Gasteiger partial charge is 0.489 e. The Labute approximate surface area is 160 Å². The highest BCUT2D eigenvalue weighted by molar-refractivity contribution is 5.36. The summed E-state index contributed by atoms with van der Waals surface area (Å²) in [7, 11) is 0. The Balaban J connectivity index is 1.46. The average Bonchev–Trinajstić information content (AvgIpc) is 3.00. The van der Waals surface area contributed by atoms with Gasteiger partial charge in [-0.1, -0.05) is 0 Å². The van der Waals surface area contributed by atoms with Crippen molar-refractivity contribution in [3.05, 3.63) is 41.3 Å². The minimum atomic E-state index is 0.167. The van der Waals surface area contributed by atoms with E-state index in [9.17, 15) is 0 Å². The maximum atomic E-state index is 6.27. The molecule has 1 fully saturated rings. The molecule has 2 aromatic rings. The van der Waals surface area contributed by atoms with Gasteiger partial charge in [-0.3, -0.25) is 9.88 Å². The van der Waals surface area contributed by atoms with Crippen molar-refractivity contribution in [3.63, 3.8) is 0 Å². The molecule has 0 aromatic carbocycles. The van der Waals surface area contributed by atoms with Crippen LogP contribution in [0.15, 0.2) is 24.3 Å². The van der Waals surface area contributed by atoms with Crippen LogP contribution in [-0.4, -0.2) is 46.8 Å². The van der Waals surface area contributed by atoms with Crippen molar-refractivity contribution < 1.29 is 14.2 Å². The number of fused-ring (bicyclic) bond motifs is 1. The quantitative estimate of drug-likeness (QED) is 0.823. The Kier molecular flexibility index (Phi) is 4.91. The van der Waals surface area contributed by atoms with E-state index in [1.165, 1.54) is 0 Å². The normalized spacial score (nSPS) is 23.3. The number of ether oxygens (including phenoxy) is 3. The third-order valence-electron chi connectivity index (χ3n) is 5.29. The van der Waals surface area contributed by atoms with E-state index in [4.69, 9.17) is 14.2 Å². The van der Waals surface area contributed by atoms with Crippen molar-refractivity contribution in [1.29, 1.82) is 0 Å². The molecule has 0 radical (unpaired) electrons. The molecule has 0 bridgehead atoms. The number of likely N-dealkylation sites (tertiary alicyclic amines) is 1. The Bertz CT molecular complexity index is 806. The summed E-state index contributed by atoms with van der Waals surface area (Å²) in [6.07, 6.45) is 1.16. The summed E-state index contributed by atoms with van der Waals surface area (Å²) < 4.78 is 17.5. The summed E-state index contributed by atoms with van der Waals surface area (Å²) in [6.45, 7) is 10.5. The number of rotatable bonds is 4. The minimum Gasteiger partial charge on any atom is -0.489 e. The van der Waals surface area contributed by atoms with E-state index < -0.39 is 0 Å². The number of nitrogens with zero attached hydrogens (tertiary/aromatic N) is 3. The topological polar surface area (TPSA) is 56.7 Å². The molecule has 2 aromatic heterocycles. The predicted molar refractivity (Wildman–Crippen MR) is 103 cm³/mol. The van der Waals surface area contributed by atoms with Gasteiger partial charge < -0.3 is 14.2 Å². The third-order valence-corrected chi connectivity index (χ3v) is 5.29. The Morgan fingerprint density at radius 2 is 1.85 bits per heavy atom.